The average molecular weight is 376 g/mol. The van der Waals surface area contributed by atoms with Gasteiger partial charge in [0.05, 0.1) is 17.5 Å². The lowest BCUT2D eigenvalue weighted by Crippen LogP contribution is -2.04. The normalized spacial score (nSPS) is 16.7. The highest BCUT2D eigenvalue weighted by molar-refractivity contribution is 9.10. The summed E-state index contributed by atoms with van der Waals surface area (Å²) in [7, 11) is 0. The minimum Gasteiger partial charge on any atom is -0.392 e. The number of hydrogen-bond acceptors (Lipinski definition) is 4. The van der Waals surface area contributed by atoms with Gasteiger partial charge in [-0.05, 0) is 59.2 Å². The van der Waals surface area contributed by atoms with E-state index in [9.17, 15) is 5.11 Å². The number of aliphatic hydroxyl groups is 1. The quantitative estimate of drug-likeness (QED) is 0.843. The van der Waals surface area contributed by atoms with E-state index in [1.165, 1.54) is 24.0 Å². The van der Waals surface area contributed by atoms with Crippen molar-refractivity contribution in [2.45, 2.75) is 51.0 Å². The fraction of sp³-hybridized carbons (Fsp3) is 0.444. The Hall–Kier alpha value is -1.46. The van der Waals surface area contributed by atoms with Gasteiger partial charge in [-0.3, -0.25) is 0 Å². The number of nitrogen functional groups attached to an aromatic ring is 1. The second-order valence-electron chi connectivity index (χ2n) is 6.19. The zero-order valence-electron chi connectivity index (χ0n) is 13.3. The molecular weight excluding hydrogens is 354 g/mol. The van der Waals surface area contributed by atoms with Gasteiger partial charge in [-0.25, -0.2) is 9.97 Å². The maximum atomic E-state index is 9.25. The van der Waals surface area contributed by atoms with Crippen LogP contribution in [0.3, 0.4) is 0 Å². The number of halogens is 1. The summed E-state index contributed by atoms with van der Waals surface area (Å²) < 4.78 is 0.876. The predicted molar refractivity (Wildman–Crippen MR) is 95.4 cm³/mol. The number of benzene rings is 1. The summed E-state index contributed by atoms with van der Waals surface area (Å²) in [4.78, 5) is 8.76. The average Bonchev–Trinajstić information content (AvgIpc) is 3.30. The largest absolute Gasteiger partial charge is 0.392 e. The first kappa shape index (κ1) is 16.4. The SMILES string of the molecule is CCc1nc(Br)c(C2CC2)nc1N.OC1Cc2ccccc2C1. The summed E-state index contributed by atoms with van der Waals surface area (Å²) in [5, 5.41) is 9.25. The van der Waals surface area contributed by atoms with Crippen molar-refractivity contribution >= 4 is 21.7 Å². The summed E-state index contributed by atoms with van der Waals surface area (Å²) in [6.07, 6.45) is 4.84. The third-order valence-electron chi connectivity index (χ3n) is 4.31. The third kappa shape index (κ3) is 3.90. The Bertz CT molecular complexity index is 676. The van der Waals surface area contributed by atoms with Crippen LogP contribution in [0.5, 0.6) is 0 Å². The van der Waals surface area contributed by atoms with Gasteiger partial charge in [-0.15, -0.1) is 0 Å². The molecule has 4 nitrogen and oxygen atoms in total. The Morgan fingerprint density at radius 1 is 1.17 bits per heavy atom. The maximum absolute atomic E-state index is 9.25. The molecule has 1 heterocycles. The third-order valence-corrected chi connectivity index (χ3v) is 4.89. The minimum atomic E-state index is -0.127. The maximum Gasteiger partial charge on any atom is 0.145 e. The van der Waals surface area contributed by atoms with E-state index in [4.69, 9.17) is 5.73 Å². The molecule has 5 heteroatoms. The number of nitrogens with two attached hydrogens (primary N) is 1. The smallest absolute Gasteiger partial charge is 0.145 e. The zero-order chi connectivity index (χ0) is 16.4. The molecule has 0 atom stereocenters. The molecule has 1 aromatic heterocycles. The van der Waals surface area contributed by atoms with Gasteiger partial charge < -0.3 is 10.8 Å². The fourth-order valence-electron chi connectivity index (χ4n) is 2.89. The van der Waals surface area contributed by atoms with Crippen molar-refractivity contribution in [3.05, 3.63) is 51.4 Å². The Balaban J connectivity index is 0.000000140. The Morgan fingerprint density at radius 2 is 1.78 bits per heavy atom. The molecule has 0 bridgehead atoms. The minimum absolute atomic E-state index is 0.127. The molecule has 0 aliphatic heterocycles. The van der Waals surface area contributed by atoms with Gasteiger partial charge in [0.15, 0.2) is 0 Å². The lowest BCUT2D eigenvalue weighted by molar-refractivity contribution is 0.187. The molecule has 1 saturated carbocycles. The molecule has 3 N–H and O–H groups in total. The van der Waals surface area contributed by atoms with Crippen molar-refractivity contribution in [3.63, 3.8) is 0 Å². The van der Waals surface area contributed by atoms with E-state index in [2.05, 4.69) is 38.0 Å². The van der Waals surface area contributed by atoms with Crippen molar-refractivity contribution in [1.29, 1.82) is 0 Å². The number of anilines is 1. The summed E-state index contributed by atoms with van der Waals surface area (Å²) in [5.41, 5.74) is 10.3. The highest BCUT2D eigenvalue weighted by Crippen LogP contribution is 2.42. The molecule has 0 radical (unpaired) electrons. The number of hydrogen-bond donors (Lipinski definition) is 2. The van der Waals surface area contributed by atoms with Crippen LogP contribution in [0.25, 0.3) is 0 Å². The molecule has 0 spiro atoms. The molecule has 0 saturated heterocycles. The van der Waals surface area contributed by atoms with Crippen molar-refractivity contribution < 1.29 is 5.11 Å². The molecule has 23 heavy (non-hydrogen) atoms. The number of nitrogens with zero attached hydrogens (tertiary/aromatic N) is 2. The van der Waals surface area contributed by atoms with Gasteiger partial charge in [-0.1, -0.05) is 31.2 Å². The first-order valence-corrected chi connectivity index (χ1v) is 8.94. The van der Waals surface area contributed by atoms with E-state index in [0.717, 1.165) is 35.3 Å². The van der Waals surface area contributed by atoms with Crippen LogP contribution < -0.4 is 5.73 Å². The summed E-state index contributed by atoms with van der Waals surface area (Å²) in [6.45, 7) is 2.03. The summed E-state index contributed by atoms with van der Waals surface area (Å²) in [6, 6.07) is 8.23. The molecule has 1 fully saturated rings. The second kappa shape index (κ2) is 6.97. The van der Waals surface area contributed by atoms with Gasteiger partial charge in [0, 0.05) is 5.92 Å². The lowest BCUT2D eigenvalue weighted by Gasteiger charge is -2.06. The molecule has 2 aliphatic rings. The second-order valence-corrected chi connectivity index (χ2v) is 6.94. The molecule has 122 valence electrons. The van der Waals surface area contributed by atoms with Gasteiger partial charge in [-0.2, -0.15) is 0 Å². The molecular formula is C18H22BrN3O. The fourth-order valence-corrected chi connectivity index (χ4v) is 3.51. The zero-order valence-corrected chi connectivity index (χ0v) is 14.9. The first-order chi connectivity index (χ1) is 11.1. The van der Waals surface area contributed by atoms with Crippen molar-refractivity contribution in [1.82, 2.24) is 9.97 Å². The number of rotatable bonds is 2. The van der Waals surface area contributed by atoms with E-state index in [1.807, 2.05) is 19.1 Å². The summed E-state index contributed by atoms with van der Waals surface area (Å²) >= 11 is 3.43. The van der Waals surface area contributed by atoms with Crippen molar-refractivity contribution in [2.24, 2.45) is 0 Å². The Labute approximate surface area is 145 Å². The molecule has 0 unspecified atom stereocenters. The van der Waals surface area contributed by atoms with Crippen LogP contribution in [0.2, 0.25) is 0 Å². The van der Waals surface area contributed by atoms with E-state index in [1.54, 1.807) is 0 Å². The highest BCUT2D eigenvalue weighted by atomic mass is 79.9. The lowest BCUT2D eigenvalue weighted by atomic mass is 10.1. The molecule has 4 rings (SSSR count). The van der Waals surface area contributed by atoms with E-state index in [0.29, 0.717) is 11.7 Å². The van der Waals surface area contributed by atoms with Gasteiger partial charge in [0.2, 0.25) is 0 Å². The molecule has 2 aromatic rings. The standard InChI is InChI=1S/C9H12BrN3.C9H10O/c1-2-6-9(11)13-7(5-3-4-5)8(10)12-6;10-9-5-7-3-1-2-4-8(7)6-9/h5H,2-4H2,1H3,(H2,11,13);1-4,9-10H,5-6H2. The first-order valence-electron chi connectivity index (χ1n) is 8.15. The molecule has 2 aliphatic carbocycles. The van der Waals surface area contributed by atoms with Gasteiger partial charge >= 0.3 is 0 Å². The Morgan fingerprint density at radius 3 is 2.30 bits per heavy atom. The van der Waals surface area contributed by atoms with Crippen LogP contribution in [0.1, 0.15) is 48.2 Å². The van der Waals surface area contributed by atoms with Crippen LogP contribution in [0.4, 0.5) is 5.82 Å². The Kier molecular flexibility index (Phi) is 4.97. The highest BCUT2D eigenvalue weighted by Gasteiger charge is 2.28. The van der Waals surface area contributed by atoms with Crippen LogP contribution >= 0.6 is 15.9 Å². The van der Waals surface area contributed by atoms with E-state index < -0.39 is 0 Å². The van der Waals surface area contributed by atoms with E-state index >= 15 is 0 Å². The summed E-state index contributed by atoms with van der Waals surface area (Å²) in [5.74, 6) is 1.18. The molecule has 1 aromatic carbocycles. The number of aromatic nitrogens is 2. The topological polar surface area (TPSA) is 72.0 Å². The van der Waals surface area contributed by atoms with Crippen molar-refractivity contribution in [3.8, 4) is 0 Å². The van der Waals surface area contributed by atoms with Crippen molar-refractivity contribution in [2.75, 3.05) is 5.73 Å². The van der Waals surface area contributed by atoms with Crippen LogP contribution in [-0.2, 0) is 19.3 Å². The number of aliphatic hydroxyl groups excluding tert-OH is 1. The predicted octanol–water partition coefficient (Wildman–Crippen LogP) is 3.41. The number of fused-ring (bicyclic) bond motifs is 1. The van der Waals surface area contributed by atoms with Crippen LogP contribution in [0.15, 0.2) is 28.9 Å². The monoisotopic (exact) mass is 375 g/mol. The van der Waals surface area contributed by atoms with Gasteiger partial charge in [0.1, 0.15) is 10.4 Å². The van der Waals surface area contributed by atoms with Gasteiger partial charge in [0.25, 0.3) is 0 Å². The van der Waals surface area contributed by atoms with E-state index in [-0.39, 0.29) is 6.10 Å². The van der Waals surface area contributed by atoms with Crippen LogP contribution in [-0.4, -0.2) is 21.2 Å². The molecule has 0 amide bonds. The number of aryl methyl sites for hydroxylation is 1. The van der Waals surface area contributed by atoms with Crippen LogP contribution in [0, 0.1) is 0 Å².